The molecule has 0 bridgehead atoms. The number of ketones is 1. The van der Waals surface area contributed by atoms with E-state index in [4.69, 9.17) is 9.47 Å². The first-order valence-corrected chi connectivity index (χ1v) is 11.0. The van der Waals surface area contributed by atoms with Crippen LogP contribution in [0.3, 0.4) is 0 Å². The average molecular weight is 454 g/mol. The van der Waals surface area contributed by atoms with Gasteiger partial charge < -0.3 is 19.5 Å². The van der Waals surface area contributed by atoms with Gasteiger partial charge in [-0.15, -0.1) is 0 Å². The van der Waals surface area contributed by atoms with Crippen molar-refractivity contribution in [3.8, 4) is 5.75 Å². The molecule has 2 heterocycles. The predicted molar refractivity (Wildman–Crippen MR) is 120 cm³/mol. The second kappa shape index (κ2) is 10.1. The smallest absolute Gasteiger partial charge is 0.295 e. The maximum atomic E-state index is 14.3. The molecule has 7 nitrogen and oxygen atoms in total. The molecule has 2 fully saturated rings. The maximum absolute atomic E-state index is 14.3. The molecule has 0 radical (unpaired) electrons. The first kappa shape index (κ1) is 22.9. The third-order valence-electron chi connectivity index (χ3n) is 6.06. The minimum atomic E-state index is -0.774. The fourth-order valence-electron chi connectivity index (χ4n) is 4.35. The normalized spacial score (nSPS) is 20.9. The van der Waals surface area contributed by atoms with Crippen LogP contribution in [0.4, 0.5) is 4.39 Å². The number of carbonyl (C=O) groups excluding carboxylic acids is 2. The van der Waals surface area contributed by atoms with Crippen molar-refractivity contribution in [1.29, 1.82) is 0 Å². The van der Waals surface area contributed by atoms with E-state index in [9.17, 15) is 19.1 Å². The highest BCUT2D eigenvalue weighted by atomic mass is 19.1. The molecule has 2 aromatic carbocycles. The summed E-state index contributed by atoms with van der Waals surface area (Å²) in [7, 11) is 1.34. The van der Waals surface area contributed by atoms with Crippen LogP contribution in [0, 0.1) is 5.82 Å². The Balaban J connectivity index is 1.66. The van der Waals surface area contributed by atoms with Gasteiger partial charge in [0.2, 0.25) is 0 Å². The van der Waals surface area contributed by atoms with E-state index in [2.05, 4.69) is 4.90 Å². The summed E-state index contributed by atoms with van der Waals surface area (Å²) in [5.41, 5.74) is 0.779. The van der Waals surface area contributed by atoms with Crippen molar-refractivity contribution in [3.63, 3.8) is 0 Å². The number of nitrogens with zero attached hydrogens (tertiary/aromatic N) is 2. The zero-order chi connectivity index (χ0) is 23.4. The van der Waals surface area contributed by atoms with Crippen molar-refractivity contribution >= 4 is 17.4 Å². The summed E-state index contributed by atoms with van der Waals surface area (Å²) in [5, 5.41) is 11.0. The van der Waals surface area contributed by atoms with E-state index < -0.39 is 29.3 Å². The topological polar surface area (TPSA) is 79.3 Å². The van der Waals surface area contributed by atoms with Gasteiger partial charge in [-0.25, -0.2) is 4.39 Å². The Bertz CT molecular complexity index is 1050. The molecule has 0 aromatic heterocycles. The highest BCUT2D eigenvalue weighted by molar-refractivity contribution is 6.46. The van der Waals surface area contributed by atoms with Crippen molar-refractivity contribution < 1.29 is 28.6 Å². The molecule has 1 N–H and O–H groups in total. The van der Waals surface area contributed by atoms with Crippen molar-refractivity contribution in [2.24, 2.45) is 0 Å². The summed E-state index contributed by atoms with van der Waals surface area (Å²) in [5.74, 6) is -2.49. The van der Waals surface area contributed by atoms with Gasteiger partial charge in [-0.1, -0.05) is 30.3 Å². The second-order valence-electron chi connectivity index (χ2n) is 8.06. The van der Waals surface area contributed by atoms with Gasteiger partial charge in [0.1, 0.15) is 5.76 Å². The minimum absolute atomic E-state index is 0.0229. The number of Topliss-reactive ketones (excluding diaryl/α,β-unsaturated/α-hetero) is 1. The summed E-state index contributed by atoms with van der Waals surface area (Å²) in [6.45, 7) is 4.18. The van der Waals surface area contributed by atoms with Gasteiger partial charge in [0.25, 0.3) is 11.7 Å². The molecule has 1 atom stereocenters. The first-order valence-electron chi connectivity index (χ1n) is 11.0. The zero-order valence-electron chi connectivity index (χ0n) is 18.5. The first-order chi connectivity index (χ1) is 16.0. The number of methoxy groups -OCH3 is 1. The number of benzene rings is 2. The fraction of sp³-hybridized carbons (Fsp3) is 0.360. The summed E-state index contributed by atoms with van der Waals surface area (Å²) >= 11 is 0. The largest absolute Gasteiger partial charge is 0.507 e. The fourth-order valence-corrected chi connectivity index (χ4v) is 4.35. The number of hydrogen-bond acceptors (Lipinski definition) is 6. The Morgan fingerprint density at radius 3 is 2.52 bits per heavy atom. The Labute approximate surface area is 192 Å². The van der Waals surface area contributed by atoms with Gasteiger partial charge in [-0.3, -0.25) is 14.5 Å². The second-order valence-corrected chi connectivity index (χ2v) is 8.06. The molecule has 1 amide bonds. The summed E-state index contributed by atoms with van der Waals surface area (Å²) in [6, 6.07) is 12.3. The van der Waals surface area contributed by atoms with Gasteiger partial charge in [0, 0.05) is 31.7 Å². The molecule has 2 aliphatic heterocycles. The highest BCUT2D eigenvalue weighted by Crippen LogP contribution is 2.39. The van der Waals surface area contributed by atoms with Crippen molar-refractivity contribution in [1.82, 2.24) is 9.80 Å². The Hall–Kier alpha value is -3.23. The van der Waals surface area contributed by atoms with Crippen LogP contribution in [-0.4, -0.2) is 73.1 Å². The lowest BCUT2D eigenvalue weighted by Gasteiger charge is -2.29. The SMILES string of the molecule is COc1ccc(C(O)=C2C(=O)C(=O)N(CCCN3CCOCC3)C2c2ccccc2)cc1F. The molecule has 2 aromatic rings. The molecule has 0 spiro atoms. The van der Waals surface area contributed by atoms with E-state index in [1.807, 2.05) is 30.3 Å². The molecule has 0 saturated carbocycles. The number of halogens is 1. The number of rotatable bonds is 7. The average Bonchev–Trinajstić information content (AvgIpc) is 3.10. The Morgan fingerprint density at radius 2 is 1.85 bits per heavy atom. The van der Waals surface area contributed by atoms with Gasteiger partial charge in [-0.2, -0.15) is 0 Å². The van der Waals surface area contributed by atoms with Crippen LogP contribution in [0.15, 0.2) is 54.1 Å². The van der Waals surface area contributed by atoms with Crippen LogP contribution in [0.25, 0.3) is 5.76 Å². The van der Waals surface area contributed by atoms with Crippen LogP contribution in [0.2, 0.25) is 0 Å². The van der Waals surface area contributed by atoms with Crippen LogP contribution in [0.5, 0.6) is 5.75 Å². The minimum Gasteiger partial charge on any atom is -0.507 e. The number of hydrogen-bond donors (Lipinski definition) is 1. The third kappa shape index (κ3) is 4.77. The van der Waals surface area contributed by atoms with Crippen LogP contribution in [0.1, 0.15) is 23.6 Å². The lowest BCUT2D eigenvalue weighted by Crippen LogP contribution is -2.38. The molecular weight excluding hydrogens is 427 g/mol. The maximum Gasteiger partial charge on any atom is 0.295 e. The third-order valence-corrected chi connectivity index (χ3v) is 6.06. The Morgan fingerprint density at radius 1 is 1.12 bits per heavy atom. The predicted octanol–water partition coefficient (Wildman–Crippen LogP) is 2.98. The van der Waals surface area contributed by atoms with Gasteiger partial charge in [0.05, 0.1) is 31.9 Å². The van der Waals surface area contributed by atoms with Gasteiger partial charge in [-0.05, 0) is 30.2 Å². The number of aliphatic hydroxyl groups is 1. The van der Waals surface area contributed by atoms with E-state index >= 15 is 0 Å². The summed E-state index contributed by atoms with van der Waals surface area (Å²) in [4.78, 5) is 29.8. The molecule has 2 aliphatic rings. The lowest BCUT2D eigenvalue weighted by molar-refractivity contribution is -0.140. The molecular formula is C25H27FN2O5. The van der Waals surface area contributed by atoms with Gasteiger partial charge >= 0.3 is 0 Å². The van der Waals surface area contributed by atoms with Gasteiger partial charge in [0.15, 0.2) is 11.6 Å². The van der Waals surface area contributed by atoms with E-state index in [-0.39, 0.29) is 16.9 Å². The number of carbonyl (C=O) groups is 2. The standard InChI is InChI=1S/C25H27FN2O5/c1-32-20-9-8-18(16-19(20)26)23(29)21-22(17-6-3-2-4-7-17)28(25(31)24(21)30)11-5-10-27-12-14-33-15-13-27/h2-4,6-9,16,22,29H,5,10-15H2,1H3. The molecule has 2 saturated heterocycles. The molecule has 0 aliphatic carbocycles. The van der Waals surface area contributed by atoms with Crippen LogP contribution in [-0.2, 0) is 14.3 Å². The monoisotopic (exact) mass is 454 g/mol. The molecule has 1 unspecified atom stereocenters. The molecule has 174 valence electrons. The lowest BCUT2D eigenvalue weighted by atomic mass is 9.95. The van der Waals surface area contributed by atoms with E-state index in [0.29, 0.717) is 31.7 Å². The Kier molecular flexibility index (Phi) is 7.05. The number of aliphatic hydroxyl groups excluding tert-OH is 1. The zero-order valence-corrected chi connectivity index (χ0v) is 18.5. The number of ether oxygens (including phenoxy) is 2. The van der Waals surface area contributed by atoms with Crippen LogP contribution >= 0.6 is 0 Å². The van der Waals surface area contributed by atoms with Crippen molar-refractivity contribution in [3.05, 3.63) is 71.0 Å². The van der Waals surface area contributed by atoms with Crippen LogP contribution < -0.4 is 4.74 Å². The van der Waals surface area contributed by atoms with Crippen molar-refractivity contribution in [2.45, 2.75) is 12.5 Å². The summed E-state index contributed by atoms with van der Waals surface area (Å²) < 4.78 is 24.6. The number of morpholine rings is 1. The molecule has 4 rings (SSSR count). The van der Waals surface area contributed by atoms with E-state index in [1.54, 1.807) is 0 Å². The summed E-state index contributed by atoms with van der Waals surface area (Å²) in [6.07, 6.45) is 0.674. The molecule has 8 heteroatoms. The quantitative estimate of drug-likeness (QED) is 0.394. The highest BCUT2D eigenvalue weighted by Gasteiger charge is 2.45. The number of amides is 1. The number of likely N-dealkylation sites (tertiary alicyclic amines) is 1. The van der Waals surface area contributed by atoms with E-state index in [1.165, 1.54) is 24.1 Å². The van der Waals surface area contributed by atoms with E-state index in [0.717, 1.165) is 25.7 Å². The molecule has 33 heavy (non-hydrogen) atoms. The van der Waals surface area contributed by atoms with Crippen molar-refractivity contribution in [2.75, 3.05) is 46.5 Å².